The standard InChI is InChI=1S/C17H16N2O2/c1-20-14-8-12(11-18)9-15(10-14)21-17-16-5-3-2-4-13(16)6-7-19-17/h2-10H,11,18H2,1H3. The Hall–Kier alpha value is -2.59. The van der Waals surface area contributed by atoms with Gasteiger partial charge >= 0.3 is 0 Å². The number of nitrogens with zero attached hydrogens (tertiary/aromatic N) is 1. The molecular weight excluding hydrogens is 264 g/mol. The van der Waals surface area contributed by atoms with Crippen LogP contribution in [-0.4, -0.2) is 12.1 Å². The van der Waals surface area contributed by atoms with Gasteiger partial charge in [-0.1, -0.05) is 18.2 Å². The van der Waals surface area contributed by atoms with Crippen LogP contribution in [0.1, 0.15) is 5.56 Å². The lowest BCUT2D eigenvalue weighted by Crippen LogP contribution is -1.98. The van der Waals surface area contributed by atoms with Gasteiger partial charge in [0.1, 0.15) is 11.5 Å². The lowest BCUT2D eigenvalue weighted by atomic mass is 10.2. The number of hydrogen-bond donors (Lipinski definition) is 1. The van der Waals surface area contributed by atoms with Gasteiger partial charge in [-0.15, -0.1) is 0 Å². The van der Waals surface area contributed by atoms with Crippen molar-refractivity contribution in [2.45, 2.75) is 6.54 Å². The molecule has 2 aromatic carbocycles. The van der Waals surface area contributed by atoms with Crippen LogP contribution in [0.15, 0.2) is 54.7 Å². The quantitative estimate of drug-likeness (QED) is 0.794. The summed E-state index contributed by atoms with van der Waals surface area (Å²) in [6, 6.07) is 15.5. The smallest absolute Gasteiger partial charge is 0.227 e. The van der Waals surface area contributed by atoms with E-state index in [0.29, 0.717) is 23.9 Å². The molecule has 3 aromatic rings. The molecule has 4 nitrogen and oxygen atoms in total. The minimum absolute atomic E-state index is 0.427. The Morgan fingerprint density at radius 1 is 1.05 bits per heavy atom. The molecule has 0 bridgehead atoms. The van der Waals surface area contributed by atoms with Crippen molar-refractivity contribution in [3.05, 3.63) is 60.3 Å². The number of rotatable bonds is 4. The molecule has 0 aliphatic heterocycles. The summed E-state index contributed by atoms with van der Waals surface area (Å²) in [5.74, 6) is 1.95. The molecule has 4 heteroatoms. The molecule has 3 rings (SSSR count). The second kappa shape index (κ2) is 5.81. The van der Waals surface area contributed by atoms with Crippen molar-refractivity contribution in [2.75, 3.05) is 7.11 Å². The van der Waals surface area contributed by atoms with Gasteiger partial charge in [0.15, 0.2) is 0 Å². The van der Waals surface area contributed by atoms with Crippen LogP contribution in [0.5, 0.6) is 17.4 Å². The summed E-state index contributed by atoms with van der Waals surface area (Å²) in [5.41, 5.74) is 6.65. The Morgan fingerprint density at radius 3 is 2.67 bits per heavy atom. The summed E-state index contributed by atoms with van der Waals surface area (Å²) in [5, 5.41) is 2.06. The van der Waals surface area contributed by atoms with E-state index in [9.17, 15) is 0 Å². The third-order valence-electron chi connectivity index (χ3n) is 3.26. The van der Waals surface area contributed by atoms with E-state index in [1.54, 1.807) is 13.3 Å². The Kier molecular flexibility index (Phi) is 3.71. The highest BCUT2D eigenvalue weighted by Crippen LogP contribution is 2.30. The Morgan fingerprint density at radius 2 is 1.86 bits per heavy atom. The highest BCUT2D eigenvalue weighted by molar-refractivity contribution is 5.86. The zero-order valence-corrected chi connectivity index (χ0v) is 11.7. The minimum Gasteiger partial charge on any atom is -0.497 e. The van der Waals surface area contributed by atoms with Crippen LogP contribution in [0.2, 0.25) is 0 Å². The Labute approximate surface area is 123 Å². The number of methoxy groups -OCH3 is 1. The summed E-state index contributed by atoms with van der Waals surface area (Å²) in [4.78, 5) is 4.32. The molecule has 21 heavy (non-hydrogen) atoms. The molecule has 0 aliphatic carbocycles. The third kappa shape index (κ3) is 2.80. The van der Waals surface area contributed by atoms with Gasteiger partial charge in [0.2, 0.25) is 5.88 Å². The van der Waals surface area contributed by atoms with Gasteiger partial charge in [0.25, 0.3) is 0 Å². The first-order valence-electron chi connectivity index (χ1n) is 6.70. The Bertz CT molecular complexity index is 744. The lowest BCUT2D eigenvalue weighted by Gasteiger charge is -2.10. The van der Waals surface area contributed by atoms with E-state index >= 15 is 0 Å². The molecule has 1 heterocycles. The van der Waals surface area contributed by atoms with E-state index in [2.05, 4.69) is 4.98 Å². The number of ether oxygens (including phenoxy) is 2. The zero-order valence-electron chi connectivity index (χ0n) is 11.7. The molecule has 0 saturated heterocycles. The fourth-order valence-corrected chi connectivity index (χ4v) is 2.21. The van der Waals surface area contributed by atoms with E-state index in [1.807, 2.05) is 48.5 Å². The van der Waals surface area contributed by atoms with Gasteiger partial charge < -0.3 is 15.2 Å². The maximum atomic E-state index is 5.93. The average molecular weight is 280 g/mol. The summed E-state index contributed by atoms with van der Waals surface area (Å²) < 4.78 is 11.2. The minimum atomic E-state index is 0.427. The predicted octanol–water partition coefficient (Wildman–Crippen LogP) is 3.49. The van der Waals surface area contributed by atoms with E-state index in [1.165, 1.54) is 0 Å². The molecule has 106 valence electrons. The fraction of sp³-hybridized carbons (Fsp3) is 0.118. The van der Waals surface area contributed by atoms with Gasteiger partial charge in [0, 0.05) is 24.2 Å². The predicted molar refractivity (Wildman–Crippen MR) is 82.7 cm³/mol. The molecule has 2 N–H and O–H groups in total. The van der Waals surface area contributed by atoms with Crippen LogP contribution in [0, 0.1) is 0 Å². The Balaban J connectivity index is 2.02. The maximum absolute atomic E-state index is 5.93. The molecule has 0 radical (unpaired) electrons. The number of benzene rings is 2. The second-order valence-electron chi connectivity index (χ2n) is 4.66. The molecular formula is C17H16N2O2. The molecule has 0 amide bonds. The summed E-state index contributed by atoms with van der Waals surface area (Å²) in [7, 11) is 1.62. The van der Waals surface area contributed by atoms with Gasteiger partial charge in [-0.3, -0.25) is 0 Å². The number of aromatic nitrogens is 1. The lowest BCUT2D eigenvalue weighted by molar-refractivity contribution is 0.407. The summed E-state index contributed by atoms with van der Waals surface area (Å²) >= 11 is 0. The van der Waals surface area contributed by atoms with Gasteiger partial charge in [0.05, 0.1) is 7.11 Å². The topological polar surface area (TPSA) is 57.4 Å². The van der Waals surface area contributed by atoms with Crippen LogP contribution in [-0.2, 0) is 6.54 Å². The van der Waals surface area contributed by atoms with E-state index in [0.717, 1.165) is 16.3 Å². The maximum Gasteiger partial charge on any atom is 0.227 e. The van der Waals surface area contributed by atoms with Gasteiger partial charge in [-0.25, -0.2) is 4.98 Å². The SMILES string of the molecule is COc1cc(CN)cc(Oc2nccc3ccccc23)c1. The van der Waals surface area contributed by atoms with Crippen LogP contribution in [0.3, 0.4) is 0 Å². The molecule has 0 atom stereocenters. The number of nitrogens with two attached hydrogens (primary N) is 1. The first kappa shape index (κ1) is 13.4. The zero-order chi connectivity index (χ0) is 14.7. The highest BCUT2D eigenvalue weighted by Gasteiger charge is 2.07. The van der Waals surface area contributed by atoms with Crippen LogP contribution >= 0.6 is 0 Å². The number of pyridine rings is 1. The van der Waals surface area contributed by atoms with Gasteiger partial charge in [-0.05, 0) is 35.2 Å². The normalized spacial score (nSPS) is 10.6. The van der Waals surface area contributed by atoms with Crippen molar-refractivity contribution >= 4 is 10.8 Å². The van der Waals surface area contributed by atoms with Gasteiger partial charge in [-0.2, -0.15) is 0 Å². The molecule has 0 unspecified atom stereocenters. The molecule has 0 aliphatic rings. The molecule has 1 aromatic heterocycles. The van der Waals surface area contributed by atoms with Crippen molar-refractivity contribution in [1.82, 2.24) is 4.98 Å². The molecule has 0 saturated carbocycles. The van der Waals surface area contributed by atoms with Crippen LogP contribution < -0.4 is 15.2 Å². The third-order valence-corrected chi connectivity index (χ3v) is 3.26. The molecule has 0 fully saturated rings. The van der Waals surface area contributed by atoms with E-state index in [-0.39, 0.29) is 0 Å². The van der Waals surface area contributed by atoms with E-state index < -0.39 is 0 Å². The first-order chi connectivity index (χ1) is 10.3. The second-order valence-corrected chi connectivity index (χ2v) is 4.66. The van der Waals surface area contributed by atoms with Crippen molar-refractivity contribution in [2.24, 2.45) is 5.73 Å². The largest absolute Gasteiger partial charge is 0.497 e. The number of hydrogen-bond acceptors (Lipinski definition) is 4. The average Bonchev–Trinajstić information content (AvgIpc) is 2.55. The summed E-state index contributed by atoms with van der Waals surface area (Å²) in [6.45, 7) is 0.427. The van der Waals surface area contributed by atoms with Crippen molar-refractivity contribution < 1.29 is 9.47 Å². The number of fused-ring (bicyclic) bond motifs is 1. The highest BCUT2D eigenvalue weighted by atomic mass is 16.5. The van der Waals surface area contributed by atoms with Crippen LogP contribution in [0.25, 0.3) is 10.8 Å². The van der Waals surface area contributed by atoms with Crippen molar-refractivity contribution in [3.63, 3.8) is 0 Å². The fourth-order valence-electron chi connectivity index (χ4n) is 2.21. The first-order valence-corrected chi connectivity index (χ1v) is 6.70. The molecule has 0 spiro atoms. The van der Waals surface area contributed by atoms with E-state index in [4.69, 9.17) is 15.2 Å². The summed E-state index contributed by atoms with van der Waals surface area (Å²) in [6.07, 6.45) is 1.74. The van der Waals surface area contributed by atoms with Crippen molar-refractivity contribution in [1.29, 1.82) is 0 Å². The van der Waals surface area contributed by atoms with Crippen molar-refractivity contribution in [3.8, 4) is 17.4 Å². The monoisotopic (exact) mass is 280 g/mol. The van der Waals surface area contributed by atoms with Crippen LogP contribution in [0.4, 0.5) is 0 Å².